The normalized spacial score (nSPS) is 16.7. The Morgan fingerprint density at radius 1 is 1.44 bits per heavy atom. The maximum absolute atomic E-state index is 12.2. The van der Waals surface area contributed by atoms with Crippen molar-refractivity contribution in [2.45, 2.75) is 52.0 Å². The van der Waals surface area contributed by atoms with E-state index in [0.29, 0.717) is 23.9 Å². The molecule has 0 aromatic carbocycles. The molecule has 0 aromatic rings. The summed E-state index contributed by atoms with van der Waals surface area (Å²) in [5.41, 5.74) is 5.49. The first kappa shape index (κ1) is 13.4. The highest BCUT2D eigenvalue weighted by Crippen LogP contribution is 2.27. The van der Waals surface area contributed by atoms with Gasteiger partial charge in [0.1, 0.15) is 0 Å². The molecular weight excluding hydrogens is 220 g/mol. The Labute approximate surface area is 103 Å². The van der Waals surface area contributed by atoms with Crippen molar-refractivity contribution in [2.24, 2.45) is 11.7 Å². The summed E-state index contributed by atoms with van der Waals surface area (Å²) >= 11 is 4.86. The lowest BCUT2D eigenvalue weighted by Gasteiger charge is -2.29. The zero-order valence-corrected chi connectivity index (χ0v) is 11.1. The van der Waals surface area contributed by atoms with Crippen LogP contribution in [0.25, 0.3) is 0 Å². The van der Waals surface area contributed by atoms with E-state index in [1.54, 1.807) is 0 Å². The van der Waals surface area contributed by atoms with Gasteiger partial charge in [0.05, 0.1) is 4.99 Å². The topological polar surface area (TPSA) is 46.3 Å². The van der Waals surface area contributed by atoms with Crippen molar-refractivity contribution in [3.63, 3.8) is 0 Å². The van der Waals surface area contributed by atoms with Crippen molar-refractivity contribution in [3.8, 4) is 0 Å². The highest BCUT2D eigenvalue weighted by Gasteiger charge is 2.28. The first-order chi connectivity index (χ1) is 7.52. The van der Waals surface area contributed by atoms with E-state index >= 15 is 0 Å². The predicted octanol–water partition coefficient (Wildman–Crippen LogP) is 2.09. The second kappa shape index (κ2) is 6.18. The van der Waals surface area contributed by atoms with Crippen LogP contribution in [0.1, 0.15) is 46.0 Å². The number of amides is 1. The molecule has 1 rings (SSSR count). The van der Waals surface area contributed by atoms with E-state index in [9.17, 15) is 4.79 Å². The van der Waals surface area contributed by atoms with Gasteiger partial charge in [-0.05, 0) is 26.7 Å². The van der Waals surface area contributed by atoms with Crippen LogP contribution >= 0.6 is 12.2 Å². The second-order valence-electron chi connectivity index (χ2n) is 4.82. The minimum atomic E-state index is 0.238. The lowest BCUT2D eigenvalue weighted by atomic mass is 10.1. The van der Waals surface area contributed by atoms with Gasteiger partial charge in [0, 0.05) is 24.9 Å². The fraction of sp³-hybridized carbons (Fsp3) is 0.833. The molecule has 1 fully saturated rings. The minimum Gasteiger partial charge on any atom is -0.393 e. The Balaban J connectivity index is 2.54. The molecule has 0 aromatic heterocycles. The molecule has 1 amide bonds. The fourth-order valence-corrected chi connectivity index (χ4v) is 2.35. The predicted molar refractivity (Wildman–Crippen MR) is 70.2 cm³/mol. The number of carbonyl (C=O) groups is 1. The molecule has 0 aliphatic heterocycles. The van der Waals surface area contributed by atoms with E-state index in [4.69, 9.17) is 18.0 Å². The SMILES string of the molecule is CC(C)N(CCC(N)=S)C(=O)C1CCCC1. The quantitative estimate of drug-likeness (QED) is 0.751. The molecule has 0 atom stereocenters. The van der Waals surface area contributed by atoms with Crippen LogP contribution in [0.15, 0.2) is 0 Å². The molecule has 0 heterocycles. The number of nitrogens with two attached hydrogens (primary N) is 1. The summed E-state index contributed by atoms with van der Waals surface area (Å²) in [6.07, 6.45) is 5.12. The number of carbonyl (C=O) groups excluding carboxylic acids is 1. The molecular formula is C12H22N2OS. The Morgan fingerprint density at radius 2 is 2.00 bits per heavy atom. The van der Waals surface area contributed by atoms with E-state index in [1.807, 2.05) is 18.7 Å². The second-order valence-corrected chi connectivity index (χ2v) is 5.35. The summed E-state index contributed by atoms with van der Waals surface area (Å²) in [5, 5.41) is 0. The molecule has 1 saturated carbocycles. The van der Waals surface area contributed by atoms with Gasteiger partial charge in [-0.15, -0.1) is 0 Å². The van der Waals surface area contributed by atoms with E-state index < -0.39 is 0 Å². The molecule has 3 nitrogen and oxygen atoms in total. The summed E-state index contributed by atoms with van der Waals surface area (Å²) in [5.74, 6) is 0.539. The van der Waals surface area contributed by atoms with Gasteiger partial charge in [-0.25, -0.2) is 0 Å². The van der Waals surface area contributed by atoms with Gasteiger partial charge in [0.15, 0.2) is 0 Å². The van der Waals surface area contributed by atoms with Crippen LogP contribution in [0.4, 0.5) is 0 Å². The average molecular weight is 242 g/mol. The molecule has 1 aliphatic rings. The van der Waals surface area contributed by atoms with Crippen LogP contribution in [0.2, 0.25) is 0 Å². The zero-order chi connectivity index (χ0) is 12.1. The number of hydrogen-bond donors (Lipinski definition) is 1. The number of rotatable bonds is 5. The van der Waals surface area contributed by atoms with Crippen molar-refractivity contribution < 1.29 is 4.79 Å². The highest BCUT2D eigenvalue weighted by atomic mass is 32.1. The largest absolute Gasteiger partial charge is 0.393 e. The maximum Gasteiger partial charge on any atom is 0.225 e. The molecule has 0 unspecified atom stereocenters. The zero-order valence-electron chi connectivity index (χ0n) is 10.2. The Kier molecular flexibility index (Phi) is 5.19. The van der Waals surface area contributed by atoms with Crippen LogP contribution in [0.3, 0.4) is 0 Å². The van der Waals surface area contributed by atoms with Crippen molar-refractivity contribution in [1.82, 2.24) is 4.90 Å². The third-order valence-corrected chi connectivity index (χ3v) is 3.41. The van der Waals surface area contributed by atoms with Gasteiger partial charge in [-0.1, -0.05) is 25.1 Å². The van der Waals surface area contributed by atoms with E-state index in [1.165, 1.54) is 12.8 Å². The van der Waals surface area contributed by atoms with Crippen LogP contribution in [0.5, 0.6) is 0 Å². The summed E-state index contributed by atoms with van der Waals surface area (Å²) in [7, 11) is 0. The van der Waals surface area contributed by atoms with Gasteiger partial charge < -0.3 is 10.6 Å². The Bertz CT molecular complexity index is 260. The smallest absolute Gasteiger partial charge is 0.225 e. The lowest BCUT2D eigenvalue weighted by molar-refractivity contribution is -0.136. The Hall–Kier alpha value is -0.640. The van der Waals surface area contributed by atoms with Crippen molar-refractivity contribution in [3.05, 3.63) is 0 Å². The summed E-state index contributed by atoms with van der Waals surface area (Å²) in [6, 6.07) is 0.238. The molecule has 0 spiro atoms. The van der Waals surface area contributed by atoms with Crippen molar-refractivity contribution >= 4 is 23.1 Å². The van der Waals surface area contributed by atoms with Gasteiger partial charge in [-0.2, -0.15) is 0 Å². The van der Waals surface area contributed by atoms with Gasteiger partial charge in [0.25, 0.3) is 0 Å². The Morgan fingerprint density at radius 3 is 2.44 bits per heavy atom. The highest BCUT2D eigenvalue weighted by molar-refractivity contribution is 7.80. The van der Waals surface area contributed by atoms with E-state index in [0.717, 1.165) is 12.8 Å². The number of hydrogen-bond acceptors (Lipinski definition) is 2. The van der Waals surface area contributed by atoms with Crippen LogP contribution in [0, 0.1) is 5.92 Å². The first-order valence-electron chi connectivity index (χ1n) is 6.11. The molecule has 92 valence electrons. The molecule has 0 saturated heterocycles. The van der Waals surface area contributed by atoms with Gasteiger partial charge >= 0.3 is 0 Å². The lowest BCUT2D eigenvalue weighted by Crippen LogP contribution is -2.41. The monoisotopic (exact) mass is 242 g/mol. The average Bonchev–Trinajstić information content (AvgIpc) is 2.69. The molecule has 0 bridgehead atoms. The minimum absolute atomic E-state index is 0.238. The maximum atomic E-state index is 12.2. The van der Waals surface area contributed by atoms with E-state index in [-0.39, 0.29) is 12.0 Å². The summed E-state index contributed by atoms with van der Waals surface area (Å²) in [6.45, 7) is 4.77. The van der Waals surface area contributed by atoms with Crippen LogP contribution in [-0.4, -0.2) is 28.4 Å². The fourth-order valence-electron chi connectivity index (χ4n) is 2.26. The van der Waals surface area contributed by atoms with E-state index in [2.05, 4.69) is 0 Å². The van der Waals surface area contributed by atoms with Crippen molar-refractivity contribution in [2.75, 3.05) is 6.54 Å². The number of nitrogens with zero attached hydrogens (tertiary/aromatic N) is 1. The first-order valence-corrected chi connectivity index (χ1v) is 6.52. The summed E-state index contributed by atoms with van der Waals surface area (Å²) in [4.78, 5) is 14.7. The van der Waals surface area contributed by atoms with Gasteiger partial charge in [0.2, 0.25) is 5.91 Å². The molecule has 0 radical (unpaired) electrons. The standard InChI is InChI=1S/C12H22N2OS/c1-9(2)14(8-7-11(13)16)12(15)10-5-3-4-6-10/h9-10H,3-8H2,1-2H3,(H2,13,16). The third kappa shape index (κ3) is 3.74. The van der Waals surface area contributed by atoms with Crippen LogP contribution < -0.4 is 5.73 Å². The van der Waals surface area contributed by atoms with Crippen LogP contribution in [-0.2, 0) is 4.79 Å². The molecule has 1 aliphatic carbocycles. The van der Waals surface area contributed by atoms with Gasteiger partial charge in [-0.3, -0.25) is 4.79 Å². The molecule has 4 heteroatoms. The van der Waals surface area contributed by atoms with Crippen molar-refractivity contribution in [1.29, 1.82) is 0 Å². The molecule has 2 N–H and O–H groups in total. The number of thiocarbonyl (C=S) groups is 1. The summed E-state index contributed by atoms with van der Waals surface area (Å²) < 4.78 is 0. The molecule has 16 heavy (non-hydrogen) atoms. The third-order valence-electron chi connectivity index (χ3n) is 3.21.